The number of carbonyl (C=O) groups excluding carboxylic acids is 1. The second-order valence-corrected chi connectivity index (χ2v) is 6.00. The average molecular weight is 314 g/mol. The van der Waals surface area contributed by atoms with Crippen LogP contribution in [0.1, 0.15) is 24.8 Å². The Bertz CT molecular complexity index is 663. The molecule has 1 amide bonds. The lowest BCUT2D eigenvalue weighted by molar-refractivity contribution is -0.139. The molecule has 5 heteroatoms. The molecule has 1 aromatic heterocycles. The van der Waals surface area contributed by atoms with Crippen molar-refractivity contribution in [2.24, 2.45) is 0 Å². The molecule has 122 valence electrons. The summed E-state index contributed by atoms with van der Waals surface area (Å²) in [5.74, 6) is 1.48. The van der Waals surface area contributed by atoms with Crippen molar-refractivity contribution in [2.45, 2.75) is 32.7 Å². The van der Waals surface area contributed by atoms with Gasteiger partial charge in [-0.25, -0.2) is 4.98 Å². The van der Waals surface area contributed by atoms with Gasteiger partial charge < -0.3 is 14.1 Å². The van der Waals surface area contributed by atoms with E-state index in [1.54, 1.807) is 6.20 Å². The Labute approximate surface area is 136 Å². The Kier molecular flexibility index (Phi) is 4.76. The molecule has 0 aliphatic carbocycles. The van der Waals surface area contributed by atoms with E-state index < -0.39 is 0 Å². The van der Waals surface area contributed by atoms with E-state index in [9.17, 15) is 4.79 Å². The molecule has 1 atom stereocenters. The number of morpholine rings is 1. The fourth-order valence-electron chi connectivity index (χ4n) is 2.73. The zero-order valence-corrected chi connectivity index (χ0v) is 13.6. The topological polar surface area (TPSA) is 55.6 Å². The van der Waals surface area contributed by atoms with Crippen LogP contribution >= 0.6 is 0 Å². The Balaban J connectivity index is 1.58. The number of benzene rings is 1. The summed E-state index contributed by atoms with van der Waals surface area (Å²) in [7, 11) is 0. The molecule has 0 N–H and O–H groups in total. The van der Waals surface area contributed by atoms with Gasteiger partial charge in [-0.1, -0.05) is 29.8 Å². The summed E-state index contributed by atoms with van der Waals surface area (Å²) in [6.07, 6.45) is 2.66. The molecule has 0 saturated carbocycles. The molecule has 2 aromatic rings. The molecule has 2 heterocycles. The minimum atomic E-state index is 0.135. The number of aryl methyl sites for hydroxylation is 2. The summed E-state index contributed by atoms with van der Waals surface area (Å²) in [5.41, 5.74) is 2.21. The Morgan fingerprint density at radius 2 is 2.13 bits per heavy atom. The van der Waals surface area contributed by atoms with Crippen LogP contribution in [0.4, 0.5) is 0 Å². The van der Waals surface area contributed by atoms with Crippen molar-refractivity contribution in [3.8, 4) is 11.3 Å². The third-order valence-corrected chi connectivity index (χ3v) is 4.13. The molecule has 5 nitrogen and oxygen atoms in total. The number of amides is 1. The molecule has 1 aromatic carbocycles. The maximum Gasteiger partial charge on any atom is 0.223 e. The number of hydrogen-bond donors (Lipinski definition) is 0. The van der Waals surface area contributed by atoms with E-state index in [2.05, 4.69) is 4.98 Å². The van der Waals surface area contributed by atoms with Gasteiger partial charge in [0.15, 0.2) is 11.7 Å². The van der Waals surface area contributed by atoms with E-state index in [4.69, 9.17) is 9.15 Å². The molecule has 0 unspecified atom stereocenters. The first-order chi connectivity index (χ1) is 11.1. The van der Waals surface area contributed by atoms with Crippen molar-refractivity contribution in [3.05, 3.63) is 41.9 Å². The molecule has 3 rings (SSSR count). The second-order valence-electron chi connectivity index (χ2n) is 6.00. The number of oxazole rings is 1. The summed E-state index contributed by atoms with van der Waals surface area (Å²) < 4.78 is 11.1. The highest BCUT2D eigenvalue weighted by Crippen LogP contribution is 2.21. The maximum absolute atomic E-state index is 12.3. The zero-order chi connectivity index (χ0) is 16.2. The highest BCUT2D eigenvalue weighted by Gasteiger charge is 2.23. The van der Waals surface area contributed by atoms with Crippen LogP contribution in [0.5, 0.6) is 0 Å². The predicted octanol–water partition coefficient (Wildman–Crippen LogP) is 2.83. The smallest absolute Gasteiger partial charge is 0.223 e. The minimum Gasteiger partial charge on any atom is -0.441 e. The van der Waals surface area contributed by atoms with Crippen LogP contribution in [0.15, 0.2) is 34.9 Å². The van der Waals surface area contributed by atoms with Crippen LogP contribution in [0.25, 0.3) is 11.3 Å². The van der Waals surface area contributed by atoms with Crippen LogP contribution in [-0.2, 0) is 16.0 Å². The Hall–Kier alpha value is -2.14. The van der Waals surface area contributed by atoms with Crippen molar-refractivity contribution in [2.75, 3.05) is 19.8 Å². The lowest BCUT2D eigenvalue weighted by Gasteiger charge is -2.33. The number of rotatable bonds is 4. The first kappa shape index (κ1) is 15.7. The Morgan fingerprint density at radius 1 is 1.35 bits per heavy atom. The molecule has 1 aliphatic rings. The monoisotopic (exact) mass is 314 g/mol. The van der Waals surface area contributed by atoms with Crippen molar-refractivity contribution in [1.29, 1.82) is 0 Å². The number of nitrogens with zero attached hydrogens (tertiary/aromatic N) is 2. The van der Waals surface area contributed by atoms with Gasteiger partial charge in [0.1, 0.15) is 0 Å². The fourth-order valence-corrected chi connectivity index (χ4v) is 2.73. The molecule has 1 saturated heterocycles. The van der Waals surface area contributed by atoms with Gasteiger partial charge in [0.25, 0.3) is 0 Å². The number of carbonyl (C=O) groups is 1. The molecular formula is C18H22N2O3. The SMILES string of the molecule is Cc1ccc(-c2cnc(CCC(=O)N3CCOC[C@@H]3C)o2)cc1. The van der Waals surface area contributed by atoms with Crippen LogP contribution < -0.4 is 0 Å². The van der Waals surface area contributed by atoms with Crippen LogP contribution in [0.2, 0.25) is 0 Å². The first-order valence-electron chi connectivity index (χ1n) is 8.02. The molecule has 0 radical (unpaired) electrons. The second kappa shape index (κ2) is 6.96. The van der Waals surface area contributed by atoms with E-state index in [-0.39, 0.29) is 11.9 Å². The largest absolute Gasteiger partial charge is 0.441 e. The highest BCUT2D eigenvalue weighted by molar-refractivity contribution is 5.76. The first-order valence-corrected chi connectivity index (χ1v) is 8.02. The molecule has 0 spiro atoms. The van der Waals surface area contributed by atoms with Gasteiger partial charge in [-0.15, -0.1) is 0 Å². The van der Waals surface area contributed by atoms with Gasteiger partial charge in [-0.3, -0.25) is 4.79 Å². The highest BCUT2D eigenvalue weighted by atomic mass is 16.5. The summed E-state index contributed by atoms with van der Waals surface area (Å²) in [6, 6.07) is 8.26. The number of aromatic nitrogens is 1. The van der Waals surface area contributed by atoms with E-state index in [0.29, 0.717) is 38.5 Å². The maximum atomic E-state index is 12.3. The van der Waals surface area contributed by atoms with E-state index >= 15 is 0 Å². The van der Waals surface area contributed by atoms with Gasteiger partial charge in [0, 0.05) is 24.9 Å². The fraction of sp³-hybridized carbons (Fsp3) is 0.444. The predicted molar refractivity (Wildman–Crippen MR) is 87.0 cm³/mol. The van der Waals surface area contributed by atoms with Crippen molar-refractivity contribution in [3.63, 3.8) is 0 Å². The average Bonchev–Trinajstić information content (AvgIpc) is 3.03. The zero-order valence-electron chi connectivity index (χ0n) is 13.6. The quantitative estimate of drug-likeness (QED) is 0.871. The van der Waals surface area contributed by atoms with Gasteiger partial charge in [-0.2, -0.15) is 0 Å². The third-order valence-electron chi connectivity index (χ3n) is 4.13. The molecule has 1 fully saturated rings. The van der Waals surface area contributed by atoms with Gasteiger partial charge in [0.2, 0.25) is 5.91 Å². The van der Waals surface area contributed by atoms with E-state index in [0.717, 1.165) is 11.3 Å². The lowest BCUT2D eigenvalue weighted by Crippen LogP contribution is -2.47. The van der Waals surface area contributed by atoms with Crippen molar-refractivity contribution < 1.29 is 13.9 Å². The summed E-state index contributed by atoms with van der Waals surface area (Å²) in [6.45, 7) is 5.96. The molecule has 1 aliphatic heterocycles. The van der Waals surface area contributed by atoms with Crippen LogP contribution in [0.3, 0.4) is 0 Å². The van der Waals surface area contributed by atoms with Gasteiger partial charge in [0.05, 0.1) is 25.5 Å². The van der Waals surface area contributed by atoms with E-state index in [1.807, 2.05) is 43.0 Å². The van der Waals surface area contributed by atoms with Gasteiger partial charge >= 0.3 is 0 Å². The molecule has 23 heavy (non-hydrogen) atoms. The van der Waals surface area contributed by atoms with Crippen LogP contribution in [0, 0.1) is 6.92 Å². The summed E-state index contributed by atoms with van der Waals surface area (Å²) >= 11 is 0. The van der Waals surface area contributed by atoms with Crippen LogP contribution in [-0.4, -0.2) is 41.6 Å². The standard InChI is InChI=1S/C18H22N2O3/c1-13-3-5-15(6-4-13)16-11-19-17(23-16)7-8-18(21)20-9-10-22-12-14(20)2/h3-6,11,14H,7-10,12H2,1-2H3/t14-/m0/s1. The van der Waals surface area contributed by atoms with Crippen molar-refractivity contribution in [1.82, 2.24) is 9.88 Å². The van der Waals surface area contributed by atoms with Gasteiger partial charge in [-0.05, 0) is 13.8 Å². The normalized spacial score (nSPS) is 18.2. The van der Waals surface area contributed by atoms with Crippen molar-refractivity contribution >= 4 is 5.91 Å². The Morgan fingerprint density at radius 3 is 2.87 bits per heavy atom. The minimum absolute atomic E-state index is 0.135. The number of hydrogen-bond acceptors (Lipinski definition) is 4. The molecule has 0 bridgehead atoms. The summed E-state index contributed by atoms with van der Waals surface area (Å²) in [5, 5.41) is 0. The molecular weight excluding hydrogens is 292 g/mol. The third kappa shape index (κ3) is 3.79. The lowest BCUT2D eigenvalue weighted by atomic mass is 10.1. The number of ether oxygens (including phenoxy) is 1. The summed E-state index contributed by atoms with van der Waals surface area (Å²) in [4.78, 5) is 18.5. The van der Waals surface area contributed by atoms with E-state index in [1.165, 1.54) is 5.56 Å².